The molecule has 1 heterocycles. The lowest BCUT2D eigenvalue weighted by atomic mass is 10.3. The van der Waals surface area contributed by atoms with E-state index in [2.05, 4.69) is 5.32 Å². The van der Waals surface area contributed by atoms with Gasteiger partial charge in [-0.25, -0.2) is 0 Å². The van der Waals surface area contributed by atoms with Crippen molar-refractivity contribution >= 4 is 58.5 Å². The molecule has 16 heavy (non-hydrogen) atoms. The summed E-state index contributed by atoms with van der Waals surface area (Å²) >= 11 is 11.2. The molecule has 1 fully saturated rings. The van der Waals surface area contributed by atoms with Crippen LogP contribution in [0.4, 0.5) is 5.69 Å². The molecular formula is C10H10ClNOS3. The Bertz CT molecular complexity index is 382. The van der Waals surface area contributed by atoms with Crippen molar-refractivity contribution in [2.24, 2.45) is 0 Å². The van der Waals surface area contributed by atoms with Crippen molar-refractivity contribution in [2.45, 2.75) is 4.58 Å². The highest BCUT2D eigenvalue weighted by Crippen LogP contribution is 2.36. The summed E-state index contributed by atoms with van der Waals surface area (Å²) in [6.45, 7) is 0. The topological polar surface area (TPSA) is 29.1 Å². The largest absolute Gasteiger partial charge is 0.323 e. The summed E-state index contributed by atoms with van der Waals surface area (Å²) in [5.74, 6) is 0.0309. The van der Waals surface area contributed by atoms with Crippen LogP contribution in [0.3, 0.4) is 0 Å². The maximum absolute atomic E-state index is 11.9. The number of thioether (sulfide) groups is 3. The van der Waals surface area contributed by atoms with E-state index in [-0.39, 0.29) is 10.5 Å². The summed E-state index contributed by atoms with van der Waals surface area (Å²) in [6, 6.07) is 7.29. The van der Waals surface area contributed by atoms with Gasteiger partial charge in [0.1, 0.15) is 4.58 Å². The van der Waals surface area contributed by atoms with Gasteiger partial charge >= 0.3 is 0 Å². The zero-order valence-electron chi connectivity index (χ0n) is 8.31. The van der Waals surface area contributed by atoms with Gasteiger partial charge in [-0.3, -0.25) is 4.79 Å². The Hall–Kier alpha value is 0.0300. The Morgan fingerprint density at radius 3 is 2.69 bits per heavy atom. The van der Waals surface area contributed by atoms with Crippen molar-refractivity contribution in [2.75, 3.05) is 15.5 Å². The second-order valence-electron chi connectivity index (χ2n) is 3.07. The lowest BCUT2D eigenvalue weighted by Gasteiger charge is -2.19. The van der Waals surface area contributed by atoms with E-state index in [4.69, 9.17) is 11.6 Å². The minimum absolute atomic E-state index is 0.0162. The molecule has 0 saturated carbocycles. The van der Waals surface area contributed by atoms with E-state index in [9.17, 15) is 4.79 Å². The molecule has 0 aliphatic carbocycles. The second-order valence-corrected chi connectivity index (χ2v) is 7.68. The average Bonchev–Trinajstić information content (AvgIpc) is 2.33. The molecule has 0 atom stereocenters. The van der Waals surface area contributed by atoms with Gasteiger partial charge < -0.3 is 5.32 Å². The summed E-state index contributed by atoms with van der Waals surface area (Å²) in [7, 11) is 0. The van der Waals surface area contributed by atoms with Crippen LogP contribution in [0.15, 0.2) is 24.3 Å². The van der Waals surface area contributed by atoms with Gasteiger partial charge in [0, 0.05) is 10.2 Å². The van der Waals surface area contributed by atoms with Crippen molar-refractivity contribution in [3.63, 3.8) is 0 Å². The first-order valence-electron chi connectivity index (χ1n) is 4.64. The lowest BCUT2D eigenvalue weighted by Crippen LogP contribution is -2.24. The van der Waals surface area contributed by atoms with Crippen LogP contribution in [0.2, 0.25) is 5.02 Å². The number of anilines is 1. The van der Waals surface area contributed by atoms with Crippen LogP contribution in [-0.2, 0) is 4.79 Å². The molecule has 0 bridgehead atoms. The minimum Gasteiger partial charge on any atom is -0.323 e. The third kappa shape index (κ3) is 3.26. The molecule has 0 spiro atoms. The molecule has 1 saturated heterocycles. The van der Waals surface area contributed by atoms with E-state index in [1.54, 1.807) is 29.6 Å². The number of hydrogen-bond acceptors (Lipinski definition) is 4. The fourth-order valence-electron chi connectivity index (χ4n) is 1.21. The van der Waals surface area contributed by atoms with Crippen molar-refractivity contribution in [3.05, 3.63) is 29.3 Å². The number of amides is 1. The Morgan fingerprint density at radius 2 is 2.00 bits per heavy atom. The number of benzene rings is 1. The highest BCUT2D eigenvalue weighted by atomic mass is 35.5. The average molecular weight is 292 g/mol. The van der Waals surface area contributed by atoms with Gasteiger partial charge in [-0.15, -0.1) is 35.3 Å². The number of halogens is 1. The fourth-order valence-corrected chi connectivity index (χ4v) is 5.84. The van der Waals surface area contributed by atoms with Crippen LogP contribution in [0.25, 0.3) is 0 Å². The van der Waals surface area contributed by atoms with Crippen molar-refractivity contribution in [1.29, 1.82) is 0 Å². The first-order valence-corrected chi connectivity index (χ1v) is 8.27. The summed E-state index contributed by atoms with van der Waals surface area (Å²) in [4.78, 5) is 11.9. The molecular weight excluding hydrogens is 282 g/mol. The maximum atomic E-state index is 11.9. The SMILES string of the molecule is O=C(Nc1ccccc1Cl)C1SCSCS1. The van der Waals surface area contributed by atoms with Gasteiger partial charge in [0.05, 0.1) is 10.7 Å². The molecule has 6 heteroatoms. The van der Waals surface area contributed by atoms with Crippen LogP contribution in [0.5, 0.6) is 0 Å². The van der Waals surface area contributed by atoms with E-state index in [0.29, 0.717) is 10.7 Å². The number of para-hydroxylation sites is 1. The standard InChI is InChI=1S/C10H10ClNOS3/c11-7-3-1-2-4-8(7)12-9(13)10-15-5-14-6-16-10/h1-4,10H,5-6H2,(H,12,13). The van der Waals surface area contributed by atoms with E-state index in [1.165, 1.54) is 0 Å². The van der Waals surface area contributed by atoms with Gasteiger partial charge in [-0.05, 0) is 12.1 Å². The normalized spacial score (nSPS) is 17.1. The Morgan fingerprint density at radius 1 is 1.31 bits per heavy atom. The monoisotopic (exact) mass is 291 g/mol. The smallest absolute Gasteiger partial charge is 0.247 e. The quantitative estimate of drug-likeness (QED) is 0.899. The van der Waals surface area contributed by atoms with E-state index < -0.39 is 0 Å². The maximum Gasteiger partial charge on any atom is 0.247 e. The zero-order chi connectivity index (χ0) is 11.4. The van der Waals surface area contributed by atoms with Gasteiger partial charge in [0.25, 0.3) is 0 Å². The third-order valence-electron chi connectivity index (χ3n) is 1.95. The van der Waals surface area contributed by atoms with E-state index in [1.807, 2.05) is 30.0 Å². The van der Waals surface area contributed by atoms with E-state index >= 15 is 0 Å². The molecule has 0 aromatic heterocycles. The summed E-state index contributed by atoms with van der Waals surface area (Å²) in [5.41, 5.74) is 0.689. The van der Waals surface area contributed by atoms with Gasteiger partial charge in [0.15, 0.2) is 0 Å². The molecule has 1 aliphatic rings. The molecule has 2 nitrogen and oxygen atoms in total. The first kappa shape index (κ1) is 12.5. The fraction of sp³-hybridized carbons (Fsp3) is 0.300. The van der Waals surface area contributed by atoms with Gasteiger partial charge in [-0.1, -0.05) is 23.7 Å². The van der Waals surface area contributed by atoms with Crippen LogP contribution >= 0.6 is 46.9 Å². The molecule has 0 radical (unpaired) electrons. The van der Waals surface area contributed by atoms with Crippen molar-refractivity contribution < 1.29 is 4.79 Å². The lowest BCUT2D eigenvalue weighted by molar-refractivity contribution is -0.114. The molecule has 2 rings (SSSR count). The van der Waals surface area contributed by atoms with Crippen LogP contribution < -0.4 is 5.32 Å². The Kier molecular flexibility index (Phi) is 4.76. The van der Waals surface area contributed by atoms with Crippen LogP contribution in [0, 0.1) is 0 Å². The number of carbonyl (C=O) groups excluding carboxylic acids is 1. The summed E-state index contributed by atoms with van der Waals surface area (Å²) in [5, 5.41) is 5.40. The van der Waals surface area contributed by atoms with Crippen molar-refractivity contribution in [1.82, 2.24) is 0 Å². The molecule has 1 amide bonds. The van der Waals surface area contributed by atoms with Gasteiger partial charge in [0.2, 0.25) is 5.91 Å². The van der Waals surface area contributed by atoms with Gasteiger partial charge in [-0.2, -0.15) is 0 Å². The van der Waals surface area contributed by atoms with Crippen LogP contribution in [0.1, 0.15) is 0 Å². The summed E-state index contributed by atoms with van der Waals surface area (Å²) < 4.78 is -0.0162. The molecule has 86 valence electrons. The predicted molar refractivity (Wildman–Crippen MR) is 76.4 cm³/mol. The Balaban J connectivity index is 1.99. The first-order chi connectivity index (χ1) is 7.77. The number of hydrogen-bond donors (Lipinski definition) is 1. The molecule has 1 aromatic carbocycles. The van der Waals surface area contributed by atoms with E-state index in [0.717, 1.165) is 10.2 Å². The summed E-state index contributed by atoms with van der Waals surface area (Å²) in [6.07, 6.45) is 0. The minimum atomic E-state index is -0.0162. The molecule has 0 unspecified atom stereocenters. The molecule has 1 aromatic rings. The number of carbonyl (C=O) groups is 1. The van der Waals surface area contributed by atoms with Crippen LogP contribution in [-0.4, -0.2) is 20.7 Å². The number of nitrogens with one attached hydrogen (secondary N) is 1. The molecule has 1 aliphatic heterocycles. The van der Waals surface area contributed by atoms with Crippen molar-refractivity contribution in [3.8, 4) is 0 Å². The zero-order valence-corrected chi connectivity index (χ0v) is 11.5. The Labute approximate surface area is 112 Å². The highest BCUT2D eigenvalue weighted by molar-refractivity contribution is 8.33. The second kappa shape index (κ2) is 6.10. The third-order valence-corrected chi connectivity index (χ3v) is 6.55. The molecule has 1 N–H and O–H groups in total. The predicted octanol–water partition coefficient (Wildman–Crippen LogP) is 3.73. The number of rotatable bonds is 2. The highest BCUT2D eigenvalue weighted by Gasteiger charge is 2.23.